The van der Waals surface area contributed by atoms with Gasteiger partial charge in [-0.1, -0.05) is 44.2 Å². The molecule has 120 valence electrons. The third-order valence-electron chi connectivity index (χ3n) is 3.17. The summed E-state index contributed by atoms with van der Waals surface area (Å²) in [7, 11) is 0. The van der Waals surface area contributed by atoms with Gasteiger partial charge in [-0.05, 0) is 5.56 Å². The van der Waals surface area contributed by atoms with Crippen LogP contribution >= 0.6 is 0 Å². The Bertz CT molecular complexity index is 526. The van der Waals surface area contributed by atoms with Gasteiger partial charge in [0.1, 0.15) is 6.10 Å². The van der Waals surface area contributed by atoms with Crippen LogP contribution in [0.3, 0.4) is 0 Å². The lowest BCUT2D eigenvalue weighted by Gasteiger charge is -2.26. The largest absolute Gasteiger partial charge is 0.396 e. The van der Waals surface area contributed by atoms with Crippen molar-refractivity contribution in [1.29, 1.82) is 0 Å². The smallest absolute Gasteiger partial charge is 0.253 e. The molecule has 0 unspecified atom stereocenters. The second-order valence-electron chi connectivity index (χ2n) is 5.59. The molecule has 1 atom stereocenters. The number of amides is 2. The molecule has 2 amide bonds. The summed E-state index contributed by atoms with van der Waals surface area (Å²) in [6, 6.07) is 9.42. The van der Waals surface area contributed by atoms with Crippen LogP contribution in [-0.2, 0) is 16.1 Å². The van der Waals surface area contributed by atoms with Crippen molar-refractivity contribution in [2.45, 2.75) is 26.5 Å². The fourth-order valence-electron chi connectivity index (χ4n) is 1.56. The van der Waals surface area contributed by atoms with Gasteiger partial charge in [0.15, 0.2) is 0 Å². The summed E-state index contributed by atoms with van der Waals surface area (Å²) in [5, 5.41) is 23.8. The Balaban J connectivity index is 2.39. The molecule has 0 radical (unpaired) electrons. The highest BCUT2D eigenvalue weighted by Gasteiger charge is 2.32. The molecule has 4 N–H and O–H groups in total. The van der Waals surface area contributed by atoms with Crippen LogP contribution < -0.4 is 10.6 Å². The van der Waals surface area contributed by atoms with Crippen molar-refractivity contribution in [3.05, 3.63) is 48.2 Å². The van der Waals surface area contributed by atoms with E-state index in [9.17, 15) is 14.7 Å². The molecule has 0 aromatic heterocycles. The van der Waals surface area contributed by atoms with Gasteiger partial charge in [-0.25, -0.2) is 0 Å². The first-order valence-electron chi connectivity index (χ1n) is 6.94. The van der Waals surface area contributed by atoms with Crippen LogP contribution in [0.15, 0.2) is 42.6 Å². The van der Waals surface area contributed by atoms with E-state index < -0.39 is 17.4 Å². The summed E-state index contributed by atoms with van der Waals surface area (Å²) in [6.45, 7) is 3.18. The van der Waals surface area contributed by atoms with Gasteiger partial charge in [-0.2, -0.15) is 0 Å². The molecule has 1 aromatic rings. The summed E-state index contributed by atoms with van der Waals surface area (Å²) in [5.74, 6) is -1.04. The van der Waals surface area contributed by atoms with E-state index in [1.807, 2.05) is 30.3 Å². The maximum atomic E-state index is 11.7. The lowest BCUT2D eigenvalue weighted by atomic mass is 9.87. The van der Waals surface area contributed by atoms with Crippen LogP contribution in [-0.4, -0.2) is 34.7 Å². The molecule has 6 nitrogen and oxygen atoms in total. The number of aliphatic hydroxyl groups is 2. The number of carbonyl (C=O) groups excluding carboxylic acids is 2. The van der Waals surface area contributed by atoms with Crippen LogP contribution in [0.4, 0.5) is 0 Å². The molecule has 0 bridgehead atoms. The maximum Gasteiger partial charge on any atom is 0.253 e. The summed E-state index contributed by atoms with van der Waals surface area (Å²) < 4.78 is 0. The molecule has 0 saturated heterocycles. The molecule has 22 heavy (non-hydrogen) atoms. The van der Waals surface area contributed by atoms with Crippen LogP contribution in [0.1, 0.15) is 19.4 Å². The first kappa shape index (κ1) is 17.9. The summed E-state index contributed by atoms with van der Waals surface area (Å²) in [5.41, 5.74) is 0.0152. The van der Waals surface area contributed by atoms with Crippen LogP contribution in [0.5, 0.6) is 0 Å². The zero-order chi connectivity index (χ0) is 16.6. The molecule has 0 spiro atoms. The van der Waals surface area contributed by atoms with Gasteiger partial charge in [0.05, 0.1) is 6.61 Å². The van der Waals surface area contributed by atoms with Crippen molar-refractivity contribution < 1.29 is 19.8 Å². The first-order chi connectivity index (χ1) is 10.4. The van der Waals surface area contributed by atoms with Crippen LogP contribution in [0, 0.1) is 5.41 Å². The van der Waals surface area contributed by atoms with Crippen LogP contribution in [0.2, 0.25) is 0 Å². The van der Waals surface area contributed by atoms with Crippen molar-refractivity contribution in [3.8, 4) is 0 Å². The van der Waals surface area contributed by atoms with Gasteiger partial charge < -0.3 is 20.8 Å². The zero-order valence-corrected chi connectivity index (χ0v) is 12.7. The molecule has 0 fully saturated rings. The molecule has 1 rings (SSSR count). The van der Waals surface area contributed by atoms with Gasteiger partial charge in [0, 0.05) is 24.2 Å². The predicted molar refractivity (Wildman–Crippen MR) is 82.4 cm³/mol. The lowest BCUT2D eigenvalue weighted by Crippen LogP contribution is -2.44. The van der Waals surface area contributed by atoms with Gasteiger partial charge in [0.25, 0.3) is 5.91 Å². The zero-order valence-electron chi connectivity index (χ0n) is 12.7. The number of hydrogen-bond acceptors (Lipinski definition) is 4. The monoisotopic (exact) mass is 306 g/mol. The Labute approximate surface area is 129 Å². The minimum atomic E-state index is -1.37. The van der Waals surface area contributed by atoms with Gasteiger partial charge in [-0.3, -0.25) is 9.59 Å². The summed E-state index contributed by atoms with van der Waals surface area (Å²) >= 11 is 0. The number of rotatable bonds is 7. The molecule has 0 saturated carbocycles. The summed E-state index contributed by atoms with van der Waals surface area (Å²) in [4.78, 5) is 23.2. The van der Waals surface area contributed by atoms with E-state index in [1.165, 1.54) is 12.3 Å². The summed E-state index contributed by atoms with van der Waals surface area (Å²) in [6.07, 6.45) is 0.966. The van der Waals surface area contributed by atoms with Gasteiger partial charge in [-0.15, -0.1) is 0 Å². The van der Waals surface area contributed by atoms with Crippen LogP contribution in [0.25, 0.3) is 0 Å². The third kappa shape index (κ3) is 5.67. The molecular formula is C16H22N2O4. The van der Waals surface area contributed by atoms with Crippen molar-refractivity contribution in [1.82, 2.24) is 10.6 Å². The molecular weight excluding hydrogens is 284 g/mol. The Morgan fingerprint density at radius 1 is 1.27 bits per heavy atom. The average molecular weight is 306 g/mol. The Hall–Kier alpha value is -2.18. The predicted octanol–water partition coefficient (Wildman–Crippen LogP) is 0.312. The quantitative estimate of drug-likeness (QED) is 0.545. The standard InChI is InChI=1S/C16H22N2O4/c1-16(2,11-19)14(21)15(22)17-9-8-13(20)18-10-12-6-4-3-5-7-12/h3-9,14,19,21H,10-11H2,1-2H3,(H,17,22)(H,18,20)/b9-8+/t14-/m0/s1. The molecule has 0 aliphatic carbocycles. The van der Waals surface area contributed by atoms with E-state index in [2.05, 4.69) is 10.6 Å². The van der Waals surface area contributed by atoms with Crippen molar-refractivity contribution in [2.75, 3.05) is 6.61 Å². The van der Waals surface area contributed by atoms with E-state index in [4.69, 9.17) is 5.11 Å². The van der Waals surface area contributed by atoms with E-state index in [-0.39, 0.29) is 12.5 Å². The molecule has 1 aromatic carbocycles. The van der Waals surface area contributed by atoms with E-state index >= 15 is 0 Å². The fourth-order valence-corrected chi connectivity index (χ4v) is 1.56. The van der Waals surface area contributed by atoms with Gasteiger partial charge >= 0.3 is 0 Å². The second-order valence-corrected chi connectivity index (χ2v) is 5.59. The molecule has 0 heterocycles. The topological polar surface area (TPSA) is 98.7 Å². The first-order valence-corrected chi connectivity index (χ1v) is 6.94. The van der Waals surface area contributed by atoms with Gasteiger partial charge in [0.2, 0.25) is 5.91 Å². The van der Waals surface area contributed by atoms with Crippen molar-refractivity contribution in [3.63, 3.8) is 0 Å². The Morgan fingerprint density at radius 3 is 2.50 bits per heavy atom. The highest BCUT2D eigenvalue weighted by molar-refractivity contribution is 5.89. The molecule has 0 aliphatic heterocycles. The van der Waals surface area contributed by atoms with Crippen molar-refractivity contribution in [2.24, 2.45) is 5.41 Å². The van der Waals surface area contributed by atoms with E-state index in [1.54, 1.807) is 13.8 Å². The number of carbonyl (C=O) groups is 2. The number of nitrogens with one attached hydrogen (secondary N) is 2. The van der Waals surface area contributed by atoms with E-state index in [0.717, 1.165) is 5.56 Å². The normalized spacial score (nSPS) is 12.9. The molecule has 6 heteroatoms. The Morgan fingerprint density at radius 2 is 1.91 bits per heavy atom. The highest BCUT2D eigenvalue weighted by atomic mass is 16.3. The SMILES string of the molecule is CC(C)(CO)[C@@H](O)C(=O)N/C=C/C(=O)NCc1ccccc1. The maximum absolute atomic E-state index is 11.7. The number of benzene rings is 1. The minimum Gasteiger partial charge on any atom is -0.396 e. The fraction of sp³-hybridized carbons (Fsp3) is 0.375. The highest BCUT2D eigenvalue weighted by Crippen LogP contribution is 2.19. The molecule has 0 aliphatic rings. The number of aliphatic hydroxyl groups excluding tert-OH is 2. The average Bonchev–Trinajstić information content (AvgIpc) is 2.53. The number of hydrogen-bond donors (Lipinski definition) is 4. The van der Waals surface area contributed by atoms with Crippen molar-refractivity contribution >= 4 is 11.8 Å². The Kier molecular flexibility index (Phi) is 6.75. The third-order valence-corrected chi connectivity index (χ3v) is 3.17. The second kappa shape index (κ2) is 8.31. The lowest BCUT2D eigenvalue weighted by molar-refractivity contribution is -0.136. The minimum absolute atomic E-state index is 0.330. The van der Waals surface area contributed by atoms with E-state index in [0.29, 0.717) is 6.54 Å².